The minimum absolute atomic E-state index is 0.0704. The zero-order valence-corrected chi connectivity index (χ0v) is 12.6. The third-order valence-electron chi connectivity index (χ3n) is 3.95. The van der Waals surface area contributed by atoms with Crippen LogP contribution in [0.15, 0.2) is 29.4 Å². The van der Waals surface area contributed by atoms with E-state index in [9.17, 15) is 13.7 Å². The Morgan fingerprint density at radius 3 is 2.81 bits per heavy atom. The van der Waals surface area contributed by atoms with Crippen LogP contribution in [-0.4, -0.2) is 45.1 Å². The summed E-state index contributed by atoms with van der Waals surface area (Å²) < 4.78 is 25.6. The van der Waals surface area contributed by atoms with Gasteiger partial charge in [-0.3, -0.25) is 9.22 Å². The molecule has 0 amide bonds. The van der Waals surface area contributed by atoms with Gasteiger partial charge in [-0.2, -0.15) is 5.10 Å². The lowest BCUT2D eigenvalue weighted by molar-refractivity contribution is 0.0655. The van der Waals surface area contributed by atoms with Gasteiger partial charge >= 0.3 is 0 Å². The van der Waals surface area contributed by atoms with E-state index >= 15 is 0 Å². The van der Waals surface area contributed by atoms with Crippen molar-refractivity contribution in [3.05, 3.63) is 30.1 Å². The third-order valence-corrected chi connectivity index (χ3v) is 5.41. The highest BCUT2D eigenvalue weighted by atomic mass is 32.2. The van der Waals surface area contributed by atoms with E-state index in [4.69, 9.17) is 0 Å². The molecule has 1 heterocycles. The van der Waals surface area contributed by atoms with E-state index in [0.717, 1.165) is 12.8 Å². The van der Waals surface area contributed by atoms with Crippen molar-refractivity contribution < 1.29 is 13.7 Å². The number of rotatable bonds is 5. The second-order valence-corrected chi connectivity index (χ2v) is 7.15. The molecule has 7 heteroatoms. The van der Waals surface area contributed by atoms with E-state index in [-0.39, 0.29) is 18.3 Å². The summed E-state index contributed by atoms with van der Waals surface area (Å²) in [6.07, 6.45) is 4.84. The molecule has 1 aliphatic carbocycles. The summed E-state index contributed by atoms with van der Waals surface area (Å²) in [7, 11) is -1.35. The fourth-order valence-corrected chi connectivity index (χ4v) is 3.58. The molecule has 0 spiro atoms. The smallest absolute Gasteiger partial charge is 0.160 e. The molecule has 3 rings (SSSR count). The Morgan fingerprint density at radius 1 is 1.48 bits per heavy atom. The van der Waals surface area contributed by atoms with Crippen LogP contribution < -0.4 is 4.90 Å². The van der Waals surface area contributed by atoms with Gasteiger partial charge in [-0.25, -0.2) is 4.39 Å². The van der Waals surface area contributed by atoms with Gasteiger partial charge in [0.15, 0.2) is 4.93 Å². The number of β-amino-alcohol motifs (C(OH)–C–C–N with tert-alkyl or cyclic N) is 1. The molecule has 0 bridgehead atoms. The Balaban J connectivity index is 1.69. The third kappa shape index (κ3) is 2.80. The molecule has 0 radical (unpaired) electrons. The van der Waals surface area contributed by atoms with Crippen LogP contribution in [0, 0.1) is 11.7 Å². The molecular weight excluding hydrogens is 293 g/mol. The van der Waals surface area contributed by atoms with Gasteiger partial charge in [0.2, 0.25) is 0 Å². The van der Waals surface area contributed by atoms with Crippen molar-refractivity contribution in [1.29, 1.82) is 0 Å². The molecule has 21 heavy (non-hydrogen) atoms. The van der Waals surface area contributed by atoms with Gasteiger partial charge in [-0.15, -0.1) is 0 Å². The molecule has 1 fully saturated rings. The van der Waals surface area contributed by atoms with Crippen LogP contribution in [0.5, 0.6) is 0 Å². The Kier molecular flexibility index (Phi) is 3.71. The minimum atomic E-state index is -1.35. The fraction of sp³-hybridized carbons (Fsp3) is 0.500. The van der Waals surface area contributed by atoms with Crippen molar-refractivity contribution in [2.75, 3.05) is 24.4 Å². The van der Waals surface area contributed by atoms with Crippen LogP contribution in [-0.2, 0) is 10.8 Å². The molecule has 1 aliphatic heterocycles. The van der Waals surface area contributed by atoms with E-state index in [1.165, 1.54) is 18.7 Å². The van der Waals surface area contributed by atoms with Crippen LogP contribution in [0.1, 0.15) is 12.8 Å². The number of hydrogen-bond acceptors (Lipinski definition) is 5. The molecule has 1 aromatic carbocycles. The summed E-state index contributed by atoms with van der Waals surface area (Å²) in [6.45, 7) is 0.537. The van der Waals surface area contributed by atoms with E-state index in [2.05, 4.69) is 5.10 Å². The lowest BCUT2D eigenvalue weighted by Gasteiger charge is -2.30. The molecule has 1 N–H and O–H groups in total. The topological polar surface area (TPSA) is 56.1 Å². The SMILES string of the molecule is CS(=O)C(O)(CN1CN(c2ccccc2F)C=N1)C1CC1. The zero-order chi connectivity index (χ0) is 15.0. The first-order chi connectivity index (χ1) is 10.0. The second kappa shape index (κ2) is 5.38. The first-order valence-electron chi connectivity index (χ1n) is 6.87. The average Bonchev–Trinajstić information content (AvgIpc) is 3.21. The molecule has 2 unspecified atom stereocenters. The van der Waals surface area contributed by atoms with Crippen molar-refractivity contribution in [2.45, 2.75) is 17.8 Å². The lowest BCUT2D eigenvalue weighted by Crippen LogP contribution is -2.47. The van der Waals surface area contributed by atoms with Crippen LogP contribution in [0.25, 0.3) is 0 Å². The largest absolute Gasteiger partial charge is 0.375 e. The summed E-state index contributed by atoms with van der Waals surface area (Å²) >= 11 is 0. The number of hydrogen-bond donors (Lipinski definition) is 1. The maximum Gasteiger partial charge on any atom is 0.160 e. The van der Waals surface area contributed by atoms with Gasteiger partial charge in [0.05, 0.1) is 23.0 Å². The first kappa shape index (κ1) is 14.5. The maximum atomic E-state index is 13.8. The van der Waals surface area contributed by atoms with Crippen LogP contribution in [0.3, 0.4) is 0 Å². The van der Waals surface area contributed by atoms with Gasteiger partial charge in [-0.05, 0) is 25.0 Å². The van der Waals surface area contributed by atoms with Gasteiger partial charge in [0.1, 0.15) is 18.8 Å². The predicted molar refractivity (Wildman–Crippen MR) is 80.7 cm³/mol. The van der Waals surface area contributed by atoms with Gasteiger partial charge in [0.25, 0.3) is 0 Å². The highest BCUT2D eigenvalue weighted by Gasteiger charge is 2.48. The number of aliphatic hydroxyl groups is 1. The standard InChI is InChI=1S/C14H18FN3O2S/c1-21(20)14(19,11-6-7-11)8-18-10-17(9-16-18)13-5-3-2-4-12(13)15/h2-5,9,11,19H,6-8,10H2,1H3. The van der Waals surface area contributed by atoms with Crippen LogP contribution in [0.2, 0.25) is 0 Å². The highest BCUT2D eigenvalue weighted by Crippen LogP contribution is 2.42. The van der Waals surface area contributed by atoms with Crippen molar-refractivity contribution in [3.63, 3.8) is 0 Å². The summed E-state index contributed by atoms with van der Waals surface area (Å²) in [5, 5.41) is 16.4. The Morgan fingerprint density at radius 2 is 2.19 bits per heavy atom. The van der Waals surface area contributed by atoms with Crippen LogP contribution in [0.4, 0.5) is 10.1 Å². The number of hydrazone groups is 1. The fourth-order valence-electron chi connectivity index (χ4n) is 2.55. The quantitative estimate of drug-likeness (QED) is 0.891. The highest BCUT2D eigenvalue weighted by molar-refractivity contribution is 7.85. The number of nitrogens with zero attached hydrogens (tertiary/aromatic N) is 3. The summed E-state index contributed by atoms with van der Waals surface area (Å²) in [4.78, 5) is 0.434. The number of para-hydroxylation sites is 1. The Bertz CT molecular complexity index is 593. The van der Waals surface area contributed by atoms with Crippen LogP contribution >= 0.6 is 0 Å². The molecule has 2 atom stereocenters. The Hall–Kier alpha value is -1.47. The van der Waals surface area contributed by atoms with Crippen molar-refractivity contribution in [3.8, 4) is 0 Å². The van der Waals surface area contributed by atoms with E-state index in [0.29, 0.717) is 12.4 Å². The Labute approximate surface area is 125 Å². The average molecular weight is 311 g/mol. The molecular formula is C14H18FN3O2S. The first-order valence-corrected chi connectivity index (χ1v) is 8.42. The maximum absolute atomic E-state index is 13.8. The summed E-state index contributed by atoms with van der Waals surface area (Å²) in [6, 6.07) is 6.47. The summed E-state index contributed by atoms with van der Waals surface area (Å²) in [5.41, 5.74) is 0.441. The number of anilines is 1. The van der Waals surface area contributed by atoms with Crippen molar-refractivity contribution in [1.82, 2.24) is 5.01 Å². The normalized spacial score (nSPS) is 22.4. The minimum Gasteiger partial charge on any atom is -0.375 e. The molecule has 5 nitrogen and oxygen atoms in total. The molecule has 1 saturated carbocycles. The van der Waals surface area contributed by atoms with Gasteiger partial charge in [-0.1, -0.05) is 12.1 Å². The molecule has 2 aliphatic rings. The zero-order valence-electron chi connectivity index (χ0n) is 11.8. The molecule has 1 aromatic rings. The lowest BCUT2D eigenvalue weighted by atomic mass is 10.2. The predicted octanol–water partition coefficient (Wildman–Crippen LogP) is 1.33. The molecule has 0 saturated heterocycles. The van der Waals surface area contributed by atoms with Gasteiger partial charge in [0, 0.05) is 12.2 Å². The van der Waals surface area contributed by atoms with Crippen molar-refractivity contribution >= 4 is 22.8 Å². The monoisotopic (exact) mass is 311 g/mol. The van der Waals surface area contributed by atoms with E-state index < -0.39 is 15.7 Å². The molecule has 0 aromatic heterocycles. The van der Waals surface area contributed by atoms with Gasteiger partial charge < -0.3 is 10.0 Å². The van der Waals surface area contributed by atoms with Crippen molar-refractivity contribution in [2.24, 2.45) is 11.0 Å². The summed E-state index contributed by atoms with van der Waals surface area (Å²) in [5.74, 6) is -0.247. The van der Waals surface area contributed by atoms with E-state index in [1.54, 1.807) is 28.1 Å². The number of benzene rings is 1. The van der Waals surface area contributed by atoms with E-state index in [1.807, 2.05) is 0 Å². The molecule has 114 valence electrons. The second-order valence-electron chi connectivity index (χ2n) is 5.53. The number of halogens is 1.